The molecular formula is C18H12ClN3O4. The van der Waals surface area contributed by atoms with Crippen molar-refractivity contribution in [2.45, 2.75) is 6.54 Å². The Morgan fingerprint density at radius 2 is 2.08 bits per heavy atom. The normalized spacial score (nSPS) is 13.0. The Kier molecular flexibility index (Phi) is 3.93. The highest BCUT2D eigenvalue weighted by Gasteiger charge is 2.18. The molecule has 0 aliphatic carbocycles. The van der Waals surface area contributed by atoms with Gasteiger partial charge in [0.25, 0.3) is 11.5 Å². The third-order valence-corrected chi connectivity index (χ3v) is 4.27. The van der Waals surface area contributed by atoms with Crippen molar-refractivity contribution >= 4 is 39.9 Å². The van der Waals surface area contributed by atoms with Crippen LogP contribution < -0.4 is 15.6 Å². The zero-order valence-electron chi connectivity index (χ0n) is 13.4. The number of nitrogens with one attached hydrogen (secondary N) is 1. The summed E-state index contributed by atoms with van der Waals surface area (Å²) >= 11 is 5.93. The van der Waals surface area contributed by atoms with Gasteiger partial charge in [-0.05, 0) is 36.4 Å². The summed E-state index contributed by atoms with van der Waals surface area (Å²) in [6, 6.07) is 9.56. The second-order valence-corrected chi connectivity index (χ2v) is 6.25. The van der Waals surface area contributed by atoms with Crippen LogP contribution in [0.3, 0.4) is 0 Å². The predicted octanol–water partition coefficient (Wildman–Crippen LogP) is 2.26. The van der Waals surface area contributed by atoms with Gasteiger partial charge in [-0.3, -0.25) is 19.0 Å². The molecule has 0 fully saturated rings. The number of ether oxygens (including phenoxy) is 1. The summed E-state index contributed by atoms with van der Waals surface area (Å²) in [4.78, 5) is 40.7. The van der Waals surface area contributed by atoms with Crippen LogP contribution in [0.25, 0.3) is 10.9 Å². The van der Waals surface area contributed by atoms with E-state index in [1.807, 2.05) is 0 Å². The van der Waals surface area contributed by atoms with Crippen LogP contribution in [-0.2, 0) is 11.3 Å². The number of aromatic nitrogens is 2. The number of fused-ring (bicyclic) bond motifs is 2. The van der Waals surface area contributed by atoms with Gasteiger partial charge in [-0.1, -0.05) is 11.6 Å². The first-order valence-corrected chi connectivity index (χ1v) is 8.14. The topological polar surface area (TPSA) is 90.3 Å². The van der Waals surface area contributed by atoms with Gasteiger partial charge >= 0.3 is 0 Å². The summed E-state index contributed by atoms with van der Waals surface area (Å²) in [6.07, 6.45) is 1.33. The van der Waals surface area contributed by atoms with Gasteiger partial charge < -0.3 is 10.1 Å². The van der Waals surface area contributed by atoms with Crippen LogP contribution >= 0.6 is 11.6 Å². The fourth-order valence-electron chi connectivity index (χ4n) is 2.75. The molecule has 8 heteroatoms. The van der Waals surface area contributed by atoms with Gasteiger partial charge in [0.15, 0.2) is 12.4 Å². The largest absolute Gasteiger partial charge is 0.482 e. The Bertz CT molecular complexity index is 1120. The van der Waals surface area contributed by atoms with Gasteiger partial charge in [-0.25, -0.2) is 4.98 Å². The van der Waals surface area contributed by atoms with Crippen LogP contribution in [0.2, 0.25) is 5.02 Å². The van der Waals surface area contributed by atoms with Crippen molar-refractivity contribution in [3.05, 3.63) is 63.7 Å². The van der Waals surface area contributed by atoms with Gasteiger partial charge in [0.05, 0.1) is 29.5 Å². The van der Waals surface area contributed by atoms with E-state index in [0.717, 1.165) is 0 Å². The SMILES string of the molecule is O=C1COc2ccc(C(=O)Cn3cnc4ccc(Cl)cc4c3=O)cc2N1. The van der Waals surface area contributed by atoms with E-state index in [2.05, 4.69) is 10.3 Å². The molecule has 2 aromatic carbocycles. The third-order valence-electron chi connectivity index (χ3n) is 4.03. The molecule has 1 aliphatic heterocycles. The molecule has 0 saturated heterocycles. The van der Waals surface area contributed by atoms with Crippen LogP contribution in [0.1, 0.15) is 10.4 Å². The molecule has 1 aliphatic rings. The number of hydrogen-bond acceptors (Lipinski definition) is 5. The number of Topliss-reactive ketones (excluding diaryl/α,β-unsaturated/α-hetero) is 1. The molecule has 0 saturated carbocycles. The lowest BCUT2D eigenvalue weighted by molar-refractivity contribution is -0.118. The quantitative estimate of drug-likeness (QED) is 0.715. The summed E-state index contributed by atoms with van der Waals surface area (Å²) in [5.41, 5.74) is 0.952. The lowest BCUT2D eigenvalue weighted by atomic mass is 10.1. The maximum Gasteiger partial charge on any atom is 0.262 e. The van der Waals surface area contributed by atoms with Crippen molar-refractivity contribution in [3.63, 3.8) is 0 Å². The van der Waals surface area contributed by atoms with Gasteiger partial charge in [-0.2, -0.15) is 0 Å². The Morgan fingerprint density at radius 1 is 1.23 bits per heavy atom. The Labute approximate surface area is 152 Å². The molecule has 0 atom stereocenters. The molecule has 1 amide bonds. The number of anilines is 1. The van der Waals surface area contributed by atoms with Crippen LogP contribution in [-0.4, -0.2) is 27.8 Å². The van der Waals surface area contributed by atoms with Crippen molar-refractivity contribution < 1.29 is 14.3 Å². The van der Waals surface area contributed by atoms with E-state index in [4.69, 9.17) is 16.3 Å². The Hall–Kier alpha value is -3.19. The summed E-state index contributed by atoms with van der Waals surface area (Å²) < 4.78 is 6.50. The van der Waals surface area contributed by atoms with E-state index < -0.39 is 0 Å². The van der Waals surface area contributed by atoms with Gasteiger partial charge in [0, 0.05) is 10.6 Å². The molecule has 2 heterocycles. The first-order valence-electron chi connectivity index (χ1n) is 7.76. The highest BCUT2D eigenvalue weighted by molar-refractivity contribution is 6.31. The smallest absolute Gasteiger partial charge is 0.262 e. The third kappa shape index (κ3) is 2.93. The first-order chi connectivity index (χ1) is 12.5. The van der Waals surface area contributed by atoms with Crippen molar-refractivity contribution in [3.8, 4) is 5.75 Å². The summed E-state index contributed by atoms with van der Waals surface area (Å²) in [5, 5.41) is 3.42. The maximum absolute atomic E-state index is 12.6. The number of rotatable bonds is 3. The van der Waals surface area contributed by atoms with Crippen molar-refractivity contribution in [1.82, 2.24) is 9.55 Å². The lowest BCUT2D eigenvalue weighted by Gasteiger charge is -2.18. The Morgan fingerprint density at radius 3 is 2.92 bits per heavy atom. The van der Waals surface area contributed by atoms with Crippen molar-refractivity contribution in [2.75, 3.05) is 11.9 Å². The van der Waals surface area contributed by atoms with Crippen LogP contribution in [0.4, 0.5) is 5.69 Å². The highest BCUT2D eigenvalue weighted by Crippen LogP contribution is 2.28. The number of carbonyl (C=O) groups is 2. The lowest BCUT2D eigenvalue weighted by Crippen LogP contribution is -2.26. The molecule has 4 rings (SSSR count). The van der Waals surface area contributed by atoms with E-state index >= 15 is 0 Å². The fourth-order valence-corrected chi connectivity index (χ4v) is 2.92. The molecule has 7 nitrogen and oxygen atoms in total. The zero-order chi connectivity index (χ0) is 18.3. The average molecular weight is 370 g/mol. The zero-order valence-corrected chi connectivity index (χ0v) is 14.1. The number of benzene rings is 2. The van der Waals surface area contributed by atoms with Crippen molar-refractivity contribution in [2.24, 2.45) is 0 Å². The number of nitrogens with zero attached hydrogens (tertiary/aromatic N) is 2. The molecule has 130 valence electrons. The van der Waals surface area contributed by atoms with Crippen LogP contribution in [0.15, 0.2) is 47.5 Å². The summed E-state index contributed by atoms with van der Waals surface area (Å²) in [5.74, 6) is -0.0767. The first kappa shape index (κ1) is 16.3. The van der Waals surface area contributed by atoms with E-state index in [1.54, 1.807) is 24.3 Å². The van der Waals surface area contributed by atoms with Crippen LogP contribution in [0, 0.1) is 0 Å². The Balaban J connectivity index is 1.65. The van der Waals surface area contributed by atoms with Gasteiger partial charge in [-0.15, -0.1) is 0 Å². The van der Waals surface area contributed by atoms with E-state index in [-0.39, 0.29) is 30.4 Å². The number of ketones is 1. The number of carbonyl (C=O) groups excluding carboxylic acids is 2. The second kappa shape index (κ2) is 6.27. The maximum atomic E-state index is 12.6. The molecule has 0 unspecified atom stereocenters. The van der Waals surface area contributed by atoms with Crippen LogP contribution in [0.5, 0.6) is 5.75 Å². The van der Waals surface area contributed by atoms with E-state index in [0.29, 0.717) is 32.9 Å². The molecule has 1 aromatic heterocycles. The minimum atomic E-state index is -0.347. The van der Waals surface area contributed by atoms with E-state index in [9.17, 15) is 14.4 Å². The summed E-state index contributed by atoms with van der Waals surface area (Å²) in [7, 11) is 0. The molecule has 3 aromatic rings. The predicted molar refractivity (Wildman–Crippen MR) is 95.9 cm³/mol. The molecular weight excluding hydrogens is 358 g/mol. The molecule has 0 radical (unpaired) electrons. The molecule has 1 N–H and O–H groups in total. The molecule has 0 bridgehead atoms. The van der Waals surface area contributed by atoms with Gasteiger partial charge in [0.2, 0.25) is 0 Å². The monoisotopic (exact) mass is 369 g/mol. The average Bonchev–Trinajstić information content (AvgIpc) is 2.63. The summed E-state index contributed by atoms with van der Waals surface area (Å²) in [6.45, 7) is -0.233. The number of amides is 1. The van der Waals surface area contributed by atoms with Crippen molar-refractivity contribution in [1.29, 1.82) is 0 Å². The minimum Gasteiger partial charge on any atom is -0.482 e. The highest BCUT2D eigenvalue weighted by atomic mass is 35.5. The number of halogens is 1. The van der Waals surface area contributed by atoms with Gasteiger partial charge in [0.1, 0.15) is 5.75 Å². The number of hydrogen-bond donors (Lipinski definition) is 1. The standard InChI is InChI=1S/C18H12ClN3O4/c19-11-2-3-13-12(6-11)18(25)22(9-20-13)7-15(23)10-1-4-16-14(5-10)21-17(24)8-26-16/h1-6,9H,7-8H2,(H,21,24). The second-order valence-electron chi connectivity index (χ2n) is 5.81. The molecule has 0 spiro atoms. The fraction of sp³-hybridized carbons (Fsp3) is 0.111. The minimum absolute atomic E-state index is 0.0546. The molecule has 26 heavy (non-hydrogen) atoms. The van der Waals surface area contributed by atoms with E-state index in [1.165, 1.54) is 23.0 Å².